The molecule has 2 fully saturated rings. The summed E-state index contributed by atoms with van der Waals surface area (Å²) in [6.07, 6.45) is 2.45. The second-order valence-corrected chi connectivity index (χ2v) is 5.04. The molecule has 0 aromatic heterocycles. The average molecular weight is 301 g/mol. The van der Waals surface area contributed by atoms with Gasteiger partial charge in [-0.2, -0.15) is 0 Å². The lowest BCUT2D eigenvalue weighted by Gasteiger charge is -2.27. The van der Waals surface area contributed by atoms with Crippen LogP contribution in [0.4, 0.5) is 0 Å². The Morgan fingerprint density at radius 3 is 2.52 bits per heavy atom. The Hall–Kier alpha value is -1.67. The van der Waals surface area contributed by atoms with Gasteiger partial charge in [0.2, 0.25) is 11.8 Å². The number of carbonyl (C=O) groups excluding carboxylic acids is 2. The minimum atomic E-state index is -0.250. The molecule has 8 heteroatoms. The number of nitrogens with one attached hydrogen (secondary N) is 2. The number of amides is 2. The molecule has 2 atom stereocenters. The van der Waals surface area contributed by atoms with E-state index in [4.69, 9.17) is 14.6 Å². The number of likely N-dealkylation sites (tertiary alicyclic amines) is 1. The van der Waals surface area contributed by atoms with Crippen molar-refractivity contribution in [1.82, 2.24) is 15.5 Å². The number of ether oxygens (including phenoxy) is 1. The van der Waals surface area contributed by atoms with Crippen LogP contribution in [-0.4, -0.2) is 73.2 Å². The maximum Gasteiger partial charge on any atom is 0.290 e. The van der Waals surface area contributed by atoms with Gasteiger partial charge in [-0.05, 0) is 25.9 Å². The molecule has 0 bridgehead atoms. The third kappa shape index (κ3) is 6.09. The van der Waals surface area contributed by atoms with Crippen molar-refractivity contribution in [3.63, 3.8) is 0 Å². The Bertz CT molecular complexity index is 358. The van der Waals surface area contributed by atoms with Crippen molar-refractivity contribution in [1.29, 1.82) is 0 Å². The molecule has 0 radical (unpaired) electrons. The summed E-state index contributed by atoms with van der Waals surface area (Å²) in [7, 11) is 0. The fourth-order valence-electron chi connectivity index (χ4n) is 2.58. The molecule has 2 aliphatic heterocycles. The largest absolute Gasteiger partial charge is 0.483 e. The molecule has 2 heterocycles. The SMILES string of the molecule is CC(=O)NCC(=O)N[C@H]1COC[C@@H]1N1CCCC1.O=CO. The lowest BCUT2D eigenvalue weighted by atomic mass is 10.1. The minimum Gasteiger partial charge on any atom is -0.483 e. The molecule has 2 saturated heterocycles. The highest BCUT2D eigenvalue weighted by atomic mass is 16.5. The molecule has 3 N–H and O–H groups in total. The first-order valence-corrected chi connectivity index (χ1v) is 7.02. The van der Waals surface area contributed by atoms with Gasteiger partial charge in [0.05, 0.1) is 31.8 Å². The Morgan fingerprint density at radius 1 is 1.33 bits per heavy atom. The van der Waals surface area contributed by atoms with E-state index in [-0.39, 0.29) is 36.9 Å². The van der Waals surface area contributed by atoms with E-state index < -0.39 is 0 Å². The standard InChI is InChI=1S/C12H21N3O3.CH2O2/c1-9(16)13-6-12(17)14-10-7-18-8-11(10)15-4-2-3-5-15;2-1-3/h10-11H,2-8H2,1H3,(H,13,16)(H,14,17);1H,(H,2,3)/t10-,11-;/m0./s1. The van der Waals surface area contributed by atoms with Crippen LogP contribution in [-0.2, 0) is 19.1 Å². The van der Waals surface area contributed by atoms with Crippen LogP contribution in [0, 0.1) is 0 Å². The van der Waals surface area contributed by atoms with Gasteiger partial charge in [-0.15, -0.1) is 0 Å². The number of rotatable bonds is 4. The monoisotopic (exact) mass is 301 g/mol. The van der Waals surface area contributed by atoms with Crippen LogP contribution in [0.5, 0.6) is 0 Å². The molecule has 120 valence electrons. The summed E-state index contributed by atoms with van der Waals surface area (Å²) >= 11 is 0. The van der Waals surface area contributed by atoms with E-state index in [1.165, 1.54) is 19.8 Å². The van der Waals surface area contributed by atoms with Gasteiger partial charge in [0.15, 0.2) is 0 Å². The summed E-state index contributed by atoms with van der Waals surface area (Å²) in [4.78, 5) is 33.1. The van der Waals surface area contributed by atoms with Crippen molar-refractivity contribution in [3.8, 4) is 0 Å². The van der Waals surface area contributed by atoms with Crippen LogP contribution in [0.2, 0.25) is 0 Å². The van der Waals surface area contributed by atoms with Crippen molar-refractivity contribution in [2.75, 3.05) is 32.8 Å². The molecule has 0 aromatic carbocycles. The van der Waals surface area contributed by atoms with Gasteiger partial charge in [-0.1, -0.05) is 0 Å². The van der Waals surface area contributed by atoms with E-state index in [9.17, 15) is 9.59 Å². The van der Waals surface area contributed by atoms with Crippen LogP contribution in [0.15, 0.2) is 0 Å². The first-order chi connectivity index (χ1) is 10.1. The fourth-order valence-corrected chi connectivity index (χ4v) is 2.58. The maximum absolute atomic E-state index is 11.7. The topological polar surface area (TPSA) is 108 Å². The number of nitrogens with zero attached hydrogens (tertiary/aromatic N) is 1. The number of hydrogen-bond acceptors (Lipinski definition) is 5. The molecule has 0 unspecified atom stereocenters. The molecule has 0 saturated carbocycles. The zero-order valence-electron chi connectivity index (χ0n) is 12.2. The van der Waals surface area contributed by atoms with E-state index in [0.717, 1.165) is 13.1 Å². The van der Waals surface area contributed by atoms with E-state index in [1.807, 2.05) is 0 Å². The van der Waals surface area contributed by atoms with Gasteiger partial charge < -0.3 is 20.5 Å². The predicted molar refractivity (Wildman–Crippen MR) is 74.7 cm³/mol. The van der Waals surface area contributed by atoms with Crippen molar-refractivity contribution < 1.29 is 24.2 Å². The lowest BCUT2D eigenvalue weighted by molar-refractivity contribution is -0.125. The molecule has 0 aromatic rings. The lowest BCUT2D eigenvalue weighted by Crippen LogP contribution is -2.52. The molecule has 2 aliphatic rings. The summed E-state index contributed by atoms with van der Waals surface area (Å²) < 4.78 is 5.46. The van der Waals surface area contributed by atoms with E-state index >= 15 is 0 Å². The van der Waals surface area contributed by atoms with Gasteiger partial charge in [0, 0.05) is 6.92 Å². The Balaban J connectivity index is 0.000000677. The Morgan fingerprint density at radius 2 is 1.95 bits per heavy atom. The van der Waals surface area contributed by atoms with Gasteiger partial charge in [-0.25, -0.2) is 0 Å². The molecule has 2 amide bonds. The van der Waals surface area contributed by atoms with Gasteiger partial charge in [0.1, 0.15) is 0 Å². The number of carboxylic acid groups (broad SMARTS) is 1. The van der Waals surface area contributed by atoms with Crippen LogP contribution >= 0.6 is 0 Å². The second-order valence-electron chi connectivity index (χ2n) is 5.04. The van der Waals surface area contributed by atoms with Crippen molar-refractivity contribution in [2.24, 2.45) is 0 Å². The summed E-state index contributed by atoms with van der Waals surface area (Å²) in [5.41, 5.74) is 0. The summed E-state index contributed by atoms with van der Waals surface area (Å²) in [5, 5.41) is 12.3. The van der Waals surface area contributed by atoms with E-state index in [0.29, 0.717) is 13.2 Å². The maximum atomic E-state index is 11.7. The van der Waals surface area contributed by atoms with Gasteiger partial charge in [-0.3, -0.25) is 19.3 Å². The highest BCUT2D eigenvalue weighted by Gasteiger charge is 2.35. The Labute approximate surface area is 123 Å². The van der Waals surface area contributed by atoms with Crippen molar-refractivity contribution in [2.45, 2.75) is 31.8 Å². The zero-order chi connectivity index (χ0) is 15.7. The molecular weight excluding hydrogens is 278 g/mol. The van der Waals surface area contributed by atoms with Crippen molar-refractivity contribution >= 4 is 18.3 Å². The van der Waals surface area contributed by atoms with Gasteiger partial charge >= 0.3 is 0 Å². The number of hydrogen-bond donors (Lipinski definition) is 3. The number of carbonyl (C=O) groups is 3. The van der Waals surface area contributed by atoms with E-state index in [2.05, 4.69) is 15.5 Å². The first kappa shape index (κ1) is 17.4. The zero-order valence-corrected chi connectivity index (χ0v) is 12.2. The molecular formula is C13H23N3O5. The third-order valence-corrected chi connectivity index (χ3v) is 3.50. The average Bonchev–Trinajstić information content (AvgIpc) is 3.07. The highest BCUT2D eigenvalue weighted by Crippen LogP contribution is 2.18. The van der Waals surface area contributed by atoms with E-state index in [1.54, 1.807) is 0 Å². The fraction of sp³-hybridized carbons (Fsp3) is 0.769. The van der Waals surface area contributed by atoms with Crippen LogP contribution in [0.3, 0.4) is 0 Å². The minimum absolute atomic E-state index is 0.0402. The first-order valence-electron chi connectivity index (χ1n) is 7.02. The second kappa shape index (κ2) is 9.30. The smallest absolute Gasteiger partial charge is 0.290 e. The Kier molecular flexibility index (Phi) is 7.70. The van der Waals surface area contributed by atoms with Crippen LogP contribution in [0.25, 0.3) is 0 Å². The molecule has 0 spiro atoms. The van der Waals surface area contributed by atoms with Gasteiger partial charge in [0.25, 0.3) is 6.47 Å². The normalized spacial score (nSPS) is 24.8. The molecule has 21 heavy (non-hydrogen) atoms. The van der Waals surface area contributed by atoms with Crippen molar-refractivity contribution in [3.05, 3.63) is 0 Å². The molecule has 8 nitrogen and oxygen atoms in total. The van der Waals surface area contributed by atoms with Crippen LogP contribution in [0.1, 0.15) is 19.8 Å². The summed E-state index contributed by atoms with van der Waals surface area (Å²) in [6, 6.07) is 0.332. The molecule has 2 rings (SSSR count). The quantitative estimate of drug-likeness (QED) is 0.563. The third-order valence-electron chi connectivity index (χ3n) is 3.50. The highest BCUT2D eigenvalue weighted by molar-refractivity contribution is 5.83. The van der Waals surface area contributed by atoms with Crippen LogP contribution < -0.4 is 10.6 Å². The summed E-state index contributed by atoms with van der Waals surface area (Å²) in [5.74, 6) is -0.339. The molecule has 0 aliphatic carbocycles. The summed E-state index contributed by atoms with van der Waals surface area (Å²) in [6.45, 7) is 4.62. The predicted octanol–water partition coefficient (Wildman–Crippen LogP) is -1.20.